The van der Waals surface area contributed by atoms with Crippen LogP contribution >= 0.6 is 0 Å². The van der Waals surface area contributed by atoms with Gasteiger partial charge in [0.25, 0.3) is 0 Å². The van der Waals surface area contributed by atoms with Crippen LogP contribution in [0, 0.1) is 0 Å². The fourth-order valence-electron chi connectivity index (χ4n) is 3.31. The summed E-state index contributed by atoms with van der Waals surface area (Å²) in [5, 5.41) is 8.53. The van der Waals surface area contributed by atoms with Gasteiger partial charge < -0.3 is 0 Å². The van der Waals surface area contributed by atoms with Crippen LogP contribution in [0.15, 0.2) is 72.8 Å². The Bertz CT molecular complexity index is 1040. The molecule has 0 saturated heterocycles. The van der Waals surface area contributed by atoms with E-state index in [4.69, 9.17) is 0 Å². The first-order chi connectivity index (χ1) is 10.4. The van der Waals surface area contributed by atoms with Gasteiger partial charge in [-0.3, -0.25) is 0 Å². The van der Waals surface area contributed by atoms with E-state index >= 15 is 0 Å². The second-order valence-electron chi connectivity index (χ2n) is 5.42. The third kappa shape index (κ3) is 1.62. The zero-order valence-corrected chi connectivity index (χ0v) is 13.7. The Kier molecular flexibility index (Phi) is 2.44. The summed E-state index contributed by atoms with van der Waals surface area (Å²) >= 11 is -0.247. The molecule has 0 nitrogen and oxygen atoms in total. The summed E-state index contributed by atoms with van der Waals surface area (Å²) < 4.78 is 3.18. The molecule has 4 aromatic carbocycles. The summed E-state index contributed by atoms with van der Waals surface area (Å²) in [5.74, 6) is 0. The van der Waals surface area contributed by atoms with Crippen molar-refractivity contribution in [2.24, 2.45) is 0 Å². The molecular formula is C20H12Te. The van der Waals surface area contributed by atoms with Crippen molar-refractivity contribution in [3.05, 3.63) is 72.8 Å². The van der Waals surface area contributed by atoms with Gasteiger partial charge in [-0.25, -0.2) is 0 Å². The fourth-order valence-corrected chi connectivity index (χ4v) is 6.55. The molecule has 1 aromatic heterocycles. The van der Waals surface area contributed by atoms with Gasteiger partial charge in [0.2, 0.25) is 0 Å². The van der Waals surface area contributed by atoms with E-state index in [9.17, 15) is 0 Å². The molecule has 21 heavy (non-hydrogen) atoms. The summed E-state index contributed by atoms with van der Waals surface area (Å²) in [4.78, 5) is 0. The molecule has 1 heterocycles. The van der Waals surface area contributed by atoms with E-state index in [1.807, 2.05) is 0 Å². The Morgan fingerprint density at radius 3 is 1.48 bits per heavy atom. The first-order valence-electron chi connectivity index (χ1n) is 7.13. The Balaban J connectivity index is 2.18. The Hall–Kier alpha value is -1.81. The van der Waals surface area contributed by atoms with Gasteiger partial charge in [-0.1, -0.05) is 0 Å². The summed E-state index contributed by atoms with van der Waals surface area (Å²) in [5.41, 5.74) is 0. The van der Waals surface area contributed by atoms with E-state index in [0.29, 0.717) is 0 Å². The van der Waals surface area contributed by atoms with Crippen LogP contribution in [-0.4, -0.2) is 20.4 Å². The van der Waals surface area contributed by atoms with E-state index in [1.54, 1.807) is 6.80 Å². The molecule has 0 saturated carbocycles. The molecule has 0 spiro atoms. The van der Waals surface area contributed by atoms with Gasteiger partial charge in [0, 0.05) is 0 Å². The summed E-state index contributed by atoms with van der Waals surface area (Å²) in [6.45, 7) is 0. The van der Waals surface area contributed by atoms with Crippen molar-refractivity contribution in [3.8, 4) is 0 Å². The quantitative estimate of drug-likeness (QED) is 0.318. The topological polar surface area (TPSA) is 0 Å². The fraction of sp³-hybridized carbons (Fsp3) is 0. The molecule has 0 aliphatic heterocycles. The molecule has 0 unspecified atom stereocenters. The molecule has 0 fully saturated rings. The molecule has 0 bridgehead atoms. The van der Waals surface area contributed by atoms with E-state index in [-0.39, 0.29) is 20.4 Å². The zero-order chi connectivity index (χ0) is 13.8. The minimum atomic E-state index is -0.247. The molecule has 0 amide bonds. The van der Waals surface area contributed by atoms with Gasteiger partial charge in [0.15, 0.2) is 0 Å². The van der Waals surface area contributed by atoms with Crippen LogP contribution in [0.5, 0.6) is 0 Å². The third-order valence-corrected chi connectivity index (χ3v) is 7.45. The number of fused-ring (bicyclic) bond motifs is 7. The molecular weight excluding hydrogens is 368 g/mol. The summed E-state index contributed by atoms with van der Waals surface area (Å²) in [7, 11) is 0. The van der Waals surface area contributed by atoms with Gasteiger partial charge in [-0.15, -0.1) is 0 Å². The van der Waals surface area contributed by atoms with Crippen LogP contribution < -0.4 is 0 Å². The molecule has 0 radical (unpaired) electrons. The molecule has 0 aliphatic rings. The van der Waals surface area contributed by atoms with Crippen LogP contribution in [0.1, 0.15) is 0 Å². The first-order valence-corrected chi connectivity index (χ1v) is 9.46. The van der Waals surface area contributed by atoms with Gasteiger partial charge in [0.05, 0.1) is 0 Å². The third-order valence-electron chi connectivity index (χ3n) is 4.25. The zero-order valence-electron chi connectivity index (χ0n) is 11.3. The maximum atomic E-state index is 2.36. The molecule has 1 heteroatoms. The SMILES string of the molecule is c1ccc2c(c1)ccc1[te]c3ccc4ccccc4c3c12. The average Bonchev–Trinajstić information content (AvgIpc) is 2.94. The minimum absolute atomic E-state index is 0.247. The second-order valence-corrected chi connectivity index (χ2v) is 8.51. The Morgan fingerprint density at radius 1 is 0.476 bits per heavy atom. The normalized spacial score (nSPS) is 11.8. The monoisotopic (exact) mass is 382 g/mol. The predicted molar refractivity (Wildman–Crippen MR) is 93.4 cm³/mol. The van der Waals surface area contributed by atoms with Crippen LogP contribution in [0.25, 0.3) is 39.1 Å². The summed E-state index contributed by atoms with van der Waals surface area (Å²) in [6.07, 6.45) is 0. The number of benzene rings is 4. The van der Waals surface area contributed by atoms with Crippen molar-refractivity contribution in [2.45, 2.75) is 0 Å². The van der Waals surface area contributed by atoms with Crippen molar-refractivity contribution in [1.82, 2.24) is 0 Å². The van der Waals surface area contributed by atoms with Gasteiger partial charge in [0.1, 0.15) is 0 Å². The average molecular weight is 380 g/mol. The standard InChI is InChI=1S/C20H12Te/c1-3-7-15-13(5-1)9-11-17-19(15)20-16-8-4-2-6-14(16)10-12-18(20)21-17/h1-12H. The van der Waals surface area contributed by atoms with E-state index in [0.717, 1.165) is 0 Å². The van der Waals surface area contributed by atoms with Crippen LogP contribution in [0.3, 0.4) is 0 Å². The van der Waals surface area contributed by atoms with Crippen molar-refractivity contribution in [2.75, 3.05) is 0 Å². The number of hydrogen-bond donors (Lipinski definition) is 0. The molecule has 0 aliphatic carbocycles. The van der Waals surface area contributed by atoms with E-state index < -0.39 is 0 Å². The predicted octanol–water partition coefficient (Wildman–Crippen LogP) is 5.36. The number of rotatable bonds is 0. The molecule has 0 atom stereocenters. The van der Waals surface area contributed by atoms with Gasteiger partial charge in [-0.05, 0) is 0 Å². The van der Waals surface area contributed by atoms with Crippen molar-refractivity contribution < 1.29 is 0 Å². The van der Waals surface area contributed by atoms with E-state index in [1.165, 1.54) is 32.3 Å². The van der Waals surface area contributed by atoms with E-state index in [2.05, 4.69) is 72.8 Å². The second kappa shape index (κ2) is 4.34. The Morgan fingerprint density at radius 2 is 0.952 bits per heavy atom. The maximum absolute atomic E-state index is 2.36. The molecule has 5 rings (SSSR count). The summed E-state index contributed by atoms with van der Waals surface area (Å²) in [6, 6.07) is 26.9. The van der Waals surface area contributed by atoms with Crippen LogP contribution in [0.4, 0.5) is 0 Å². The van der Waals surface area contributed by atoms with Crippen molar-refractivity contribution >= 4 is 59.6 Å². The number of hydrogen-bond acceptors (Lipinski definition) is 0. The molecule has 5 aromatic rings. The van der Waals surface area contributed by atoms with Gasteiger partial charge in [-0.2, -0.15) is 0 Å². The van der Waals surface area contributed by atoms with Crippen LogP contribution in [-0.2, 0) is 0 Å². The van der Waals surface area contributed by atoms with Crippen LogP contribution in [0.2, 0.25) is 0 Å². The molecule has 98 valence electrons. The van der Waals surface area contributed by atoms with Gasteiger partial charge >= 0.3 is 132 Å². The Labute approximate surface area is 132 Å². The molecule has 0 N–H and O–H groups in total. The van der Waals surface area contributed by atoms with Crippen molar-refractivity contribution in [3.63, 3.8) is 0 Å². The van der Waals surface area contributed by atoms with Crippen molar-refractivity contribution in [1.29, 1.82) is 0 Å². The first kappa shape index (κ1) is 11.8.